The van der Waals surface area contributed by atoms with Gasteiger partial charge in [0, 0.05) is 63.5 Å². The van der Waals surface area contributed by atoms with Crippen molar-refractivity contribution < 1.29 is 18.8 Å². The van der Waals surface area contributed by atoms with Gasteiger partial charge in [0.05, 0.1) is 23.5 Å². The van der Waals surface area contributed by atoms with E-state index in [-0.39, 0.29) is 24.3 Å². The van der Waals surface area contributed by atoms with Gasteiger partial charge >= 0.3 is 0 Å². The Morgan fingerprint density at radius 3 is 2.51 bits per heavy atom. The van der Waals surface area contributed by atoms with E-state index in [2.05, 4.69) is 32.5 Å². The van der Waals surface area contributed by atoms with Crippen LogP contribution in [0, 0.1) is 5.82 Å². The van der Waals surface area contributed by atoms with Crippen LogP contribution in [0.4, 0.5) is 21.5 Å². The van der Waals surface area contributed by atoms with Gasteiger partial charge in [0.15, 0.2) is 0 Å². The number of hydrogen-bond acceptors (Lipinski definition) is 7. The molecule has 47 heavy (non-hydrogen) atoms. The van der Waals surface area contributed by atoms with Crippen molar-refractivity contribution in [2.45, 2.75) is 12.5 Å². The third-order valence-electron chi connectivity index (χ3n) is 8.53. The Bertz CT molecular complexity index is 1810. The molecule has 240 valence electrons. The van der Waals surface area contributed by atoms with E-state index < -0.39 is 11.7 Å². The zero-order chi connectivity index (χ0) is 32.9. The zero-order valence-corrected chi connectivity index (χ0v) is 26.3. The van der Waals surface area contributed by atoms with Crippen LogP contribution in [0.3, 0.4) is 0 Å². The van der Waals surface area contributed by atoms with Crippen LogP contribution in [0.5, 0.6) is 0 Å². The molecule has 3 amide bonds. The summed E-state index contributed by atoms with van der Waals surface area (Å²) in [5.74, 6) is -1.80. The molecule has 4 aromatic rings. The third kappa shape index (κ3) is 7.43. The van der Waals surface area contributed by atoms with Crippen molar-refractivity contribution in [1.29, 1.82) is 0 Å². The number of amides is 3. The molecule has 0 saturated carbocycles. The summed E-state index contributed by atoms with van der Waals surface area (Å²) in [6, 6.07) is 22.4. The van der Waals surface area contributed by atoms with Gasteiger partial charge in [-0.05, 0) is 78.3 Å². The third-order valence-corrected chi connectivity index (χ3v) is 8.53. The van der Waals surface area contributed by atoms with E-state index in [0.29, 0.717) is 40.3 Å². The van der Waals surface area contributed by atoms with Crippen LogP contribution < -0.4 is 15.5 Å². The van der Waals surface area contributed by atoms with Crippen molar-refractivity contribution in [2.75, 3.05) is 57.0 Å². The number of anilines is 2. The minimum absolute atomic E-state index is 0.00499. The molecule has 1 aromatic heterocycles. The number of carbonyl (C=O) groups excluding carboxylic acids is 3. The van der Waals surface area contributed by atoms with Crippen LogP contribution in [0.15, 0.2) is 96.2 Å². The lowest BCUT2D eigenvalue weighted by atomic mass is 9.90. The fourth-order valence-electron chi connectivity index (χ4n) is 5.76. The van der Waals surface area contributed by atoms with Crippen LogP contribution in [-0.2, 0) is 16.1 Å². The lowest BCUT2D eigenvalue weighted by Crippen LogP contribution is -2.48. The normalized spacial score (nSPS) is 16.8. The standard InChI is InChI=1S/C36H36FN7O3/c1-42-15-17-44(18-16-42)23-32(45)43(2)29-11-9-28(10-12-29)40-34(33-30-13-8-27(37)20-31(30)41-36(33)47)25-6-3-5-24(19-25)21-39-35(46)26-7-4-14-38-22-26/h3-14,19-20,22,33H,15-18,21,23H2,1-2H3,(H,39,46)(H,41,47). The van der Waals surface area contributed by atoms with Gasteiger partial charge in [-0.3, -0.25) is 29.3 Å². The van der Waals surface area contributed by atoms with Gasteiger partial charge in [-0.25, -0.2) is 4.39 Å². The van der Waals surface area contributed by atoms with Gasteiger partial charge in [-0.2, -0.15) is 0 Å². The summed E-state index contributed by atoms with van der Waals surface area (Å²) in [5.41, 5.74) is 4.76. The molecule has 1 atom stereocenters. The highest BCUT2D eigenvalue weighted by Gasteiger charge is 2.36. The Morgan fingerprint density at radius 1 is 1.00 bits per heavy atom. The first-order valence-electron chi connectivity index (χ1n) is 15.5. The van der Waals surface area contributed by atoms with E-state index in [1.807, 2.05) is 48.5 Å². The minimum Gasteiger partial charge on any atom is -0.348 e. The molecule has 10 nitrogen and oxygen atoms in total. The second kappa shape index (κ2) is 14.0. The van der Waals surface area contributed by atoms with E-state index in [0.717, 1.165) is 37.4 Å². The number of benzene rings is 3. The Kier molecular flexibility index (Phi) is 9.46. The second-order valence-corrected chi connectivity index (χ2v) is 11.8. The van der Waals surface area contributed by atoms with E-state index in [4.69, 9.17) is 4.99 Å². The molecule has 0 spiro atoms. The van der Waals surface area contributed by atoms with Crippen LogP contribution >= 0.6 is 0 Å². The summed E-state index contributed by atoms with van der Waals surface area (Å²) >= 11 is 0. The molecule has 0 bridgehead atoms. The molecule has 6 rings (SSSR count). The number of aromatic nitrogens is 1. The number of hydrogen-bond donors (Lipinski definition) is 2. The van der Waals surface area contributed by atoms with Crippen molar-refractivity contribution in [3.8, 4) is 0 Å². The largest absolute Gasteiger partial charge is 0.348 e. The maximum Gasteiger partial charge on any atom is 0.253 e. The van der Waals surface area contributed by atoms with Crippen LogP contribution in [0.1, 0.15) is 33.0 Å². The number of halogens is 1. The number of pyridine rings is 1. The summed E-state index contributed by atoms with van der Waals surface area (Å²) in [6.07, 6.45) is 3.11. The molecule has 1 unspecified atom stereocenters. The summed E-state index contributed by atoms with van der Waals surface area (Å²) in [5, 5.41) is 5.70. The molecule has 11 heteroatoms. The van der Waals surface area contributed by atoms with Gasteiger partial charge < -0.3 is 20.4 Å². The van der Waals surface area contributed by atoms with E-state index in [1.165, 1.54) is 18.3 Å². The Labute approximate surface area is 272 Å². The number of aliphatic imine (C=N–C) groups is 1. The van der Waals surface area contributed by atoms with Crippen molar-refractivity contribution in [3.05, 3.63) is 119 Å². The van der Waals surface area contributed by atoms with Gasteiger partial charge in [-0.1, -0.05) is 24.3 Å². The number of piperazine rings is 1. The first-order chi connectivity index (χ1) is 22.7. The topological polar surface area (TPSA) is 110 Å². The van der Waals surface area contributed by atoms with E-state index >= 15 is 0 Å². The fraction of sp³-hybridized carbons (Fsp3) is 0.250. The van der Waals surface area contributed by atoms with Crippen LogP contribution in [-0.4, -0.2) is 85.0 Å². The molecule has 1 saturated heterocycles. The number of fused-ring (bicyclic) bond motifs is 1. The van der Waals surface area contributed by atoms with Crippen molar-refractivity contribution in [1.82, 2.24) is 20.1 Å². The number of nitrogens with zero attached hydrogens (tertiary/aromatic N) is 5. The molecule has 0 radical (unpaired) electrons. The fourth-order valence-corrected chi connectivity index (χ4v) is 5.76. The molecule has 3 heterocycles. The molecular weight excluding hydrogens is 597 g/mol. The highest BCUT2D eigenvalue weighted by Crippen LogP contribution is 2.37. The average Bonchev–Trinajstić information content (AvgIpc) is 3.41. The Morgan fingerprint density at radius 2 is 1.77 bits per heavy atom. The second-order valence-electron chi connectivity index (χ2n) is 11.8. The van der Waals surface area contributed by atoms with Crippen molar-refractivity contribution >= 4 is 40.5 Å². The van der Waals surface area contributed by atoms with Gasteiger partial charge in [0.25, 0.3) is 5.91 Å². The first-order valence-corrected chi connectivity index (χ1v) is 15.5. The quantitative estimate of drug-likeness (QED) is 0.267. The monoisotopic (exact) mass is 633 g/mol. The SMILES string of the molecule is CN1CCN(CC(=O)N(C)c2ccc(N=C(c3cccc(CNC(=O)c4cccnc4)c3)C3C(=O)Nc4cc(F)ccc43)cc2)CC1. The van der Waals surface area contributed by atoms with Crippen molar-refractivity contribution in [2.24, 2.45) is 4.99 Å². The van der Waals surface area contributed by atoms with Gasteiger partial charge in [0.2, 0.25) is 11.8 Å². The van der Waals surface area contributed by atoms with E-state index in [9.17, 15) is 18.8 Å². The molecule has 0 aliphatic carbocycles. The van der Waals surface area contributed by atoms with Gasteiger partial charge in [0.1, 0.15) is 11.7 Å². The highest BCUT2D eigenvalue weighted by atomic mass is 19.1. The smallest absolute Gasteiger partial charge is 0.253 e. The molecule has 3 aromatic carbocycles. The number of carbonyl (C=O) groups is 3. The summed E-state index contributed by atoms with van der Waals surface area (Å²) in [7, 11) is 3.85. The van der Waals surface area contributed by atoms with Crippen molar-refractivity contribution in [3.63, 3.8) is 0 Å². The predicted molar refractivity (Wildman–Crippen MR) is 180 cm³/mol. The summed E-state index contributed by atoms with van der Waals surface area (Å²) in [6.45, 7) is 4.19. The molecule has 2 aliphatic heterocycles. The maximum atomic E-state index is 14.1. The maximum absolute atomic E-state index is 14.1. The lowest BCUT2D eigenvalue weighted by Gasteiger charge is -2.32. The molecule has 1 fully saturated rings. The number of rotatable bonds is 9. The average molecular weight is 634 g/mol. The summed E-state index contributed by atoms with van der Waals surface area (Å²) in [4.78, 5) is 54.1. The highest BCUT2D eigenvalue weighted by molar-refractivity contribution is 6.24. The van der Waals surface area contributed by atoms with Crippen LogP contribution in [0.25, 0.3) is 0 Å². The Hall–Kier alpha value is -5.26. The molecule has 2 N–H and O–H groups in total. The van der Waals surface area contributed by atoms with E-state index in [1.54, 1.807) is 36.3 Å². The lowest BCUT2D eigenvalue weighted by molar-refractivity contribution is -0.120. The molecule has 2 aliphatic rings. The van der Waals surface area contributed by atoms with Gasteiger partial charge in [-0.15, -0.1) is 0 Å². The summed E-state index contributed by atoms with van der Waals surface area (Å²) < 4.78 is 14.1. The first kappa shape index (κ1) is 31.7. The zero-order valence-electron chi connectivity index (χ0n) is 26.3. The van der Waals surface area contributed by atoms with Crippen LogP contribution in [0.2, 0.25) is 0 Å². The number of nitrogens with one attached hydrogen (secondary N) is 2. The Balaban J connectivity index is 1.27. The minimum atomic E-state index is -0.793. The molecular formula is C36H36FN7O3. The predicted octanol–water partition coefficient (Wildman–Crippen LogP) is 4.22. The number of likely N-dealkylation sites (N-methyl/N-ethyl adjacent to an activating group) is 2.